The molecule has 0 radical (unpaired) electrons. The summed E-state index contributed by atoms with van der Waals surface area (Å²) in [6, 6.07) is 2.27. The molecule has 0 saturated heterocycles. The summed E-state index contributed by atoms with van der Waals surface area (Å²) in [7, 11) is 1.38. The highest BCUT2D eigenvalue weighted by atomic mass is 16.5. The number of methoxy groups -OCH3 is 1. The first-order valence-corrected chi connectivity index (χ1v) is 7.03. The number of aryl methyl sites for hydroxylation is 1. The second kappa shape index (κ2) is 6.24. The number of hydrogen-bond donors (Lipinski definition) is 1. The van der Waals surface area contributed by atoms with Gasteiger partial charge in [0.1, 0.15) is 17.1 Å². The fraction of sp³-hybridized carbons (Fsp3) is 0.667. The molecule has 1 fully saturated rings. The molecular weight excluding hydrogens is 242 g/mol. The van der Waals surface area contributed by atoms with Crippen LogP contribution in [-0.2, 0) is 11.3 Å². The van der Waals surface area contributed by atoms with Gasteiger partial charge in [0, 0.05) is 6.04 Å². The highest BCUT2D eigenvalue weighted by Crippen LogP contribution is 2.27. The number of furan rings is 1. The van der Waals surface area contributed by atoms with Gasteiger partial charge in [0.15, 0.2) is 0 Å². The molecule has 1 aromatic rings. The molecule has 1 aliphatic carbocycles. The van der Waals surface area contributed by atoms with Gasteiger partial charge in [0.05, 0.1) is 13.7 Å². The van der Waals surface area contributed by atoms with Crippen molar-refractivity contribution in [3.63, 3.8) is 0 Å². The smallest absolute Gasteiger partial charge is 0.341 e. The maximum atomic E-state index is 11.5. The minimum atomic E-state index is -0.337. The maximum Gasteiger partial charge on any atom is 0.341 e. The van der Waals surface area contributed by atoms with Gasteiger partial charge < -0.3 is 14.5 Å². The minimum absolute atomic E-state index is 0.337. The third-order valence-corrected chi connectivity index (χ3v) is 4.08. The Morgan fingerprint density at radius 3 is 2.84 bits per heavy atom. The quantitative estimate of drug-likeness (QED) is 0.831. The molecule has 0 amide bonds. The first-order valence-electron chi connectivity index (χ1n) is 7.03. The van der Waals surface area contributed by atoms with Gasteiger partial charge in [-0.15, -0.1) is 0 Å². The van der Waals surface area contributed by atoms with E-state index in [1.54, 1.807) is 13.0 Å². The average Bonchev–Trinajstić information content (AvgIpc) is 3.04. The van der Waals surface area contributed by atoms with Crippen molar-refractivity contribution in [2.24, 2.45) is 5.92 Å². The summed E-state index contributed by atoms with van der Waals surface area (Å²) in [6.45, 7) is 4.68. The summed E-state index contributed by atoms with van der Waals surface area (Å²) in [5, 5.41) is 3.49. The van der Waals surface area contributed by atoms with Crippen molar-refractivity contribution >= 4 is 5.97 Å². The SMILES string of the molecule is COC(=O)c1cc(CNC(C)C2CCCC2)oc1C. The Bertz CT molecular complexity index is 433. The van der Waals surface area contributed by atoms with E-state index in [0.717, 1.165) is 11.7 Å². The number of hydrogen-bond acceptors (Lipinski definition) is 4. The van der Waals surface area contributed by atoms with Gasteiger partial charge in [-0.25, -0.2) is 4.79 Å². The van der Waals surface area contributed by atoms with E-state index in [4.69, 9.17) is 9.15 Å². The lowest BCUT2D eigenvalue weighted by atomic mass is 10.00. The van der Waals surface area contributed by atoms with Crippen LogP contribution in [0.2, 0.25) is 0 Å². The van der Waals surface area contributed by atoms with Crippen LogP contribution in [0.4, 0.5) is 0 Å². The lowest BCUT2D eigenvalue weighted by molar-refractivity contribution is 0.0599. The molecular formula is C15H23NO3. The summed E-state index contributed by atoms with van der Waals surface area (Å²) in [6.07, 6.45) is 5.34. The zero-order chi connectivity index (χ0) is 13.8. The molecule has 1 saturated carbocycles. The van der Waals surface area contributed by atoms with Crippen molar-refractivity contribution in [1.29, 1.82) is 0 Å². The summed E-state index contributed by atoms with van der Waals surface area (Å²) in [4.78, 5) is 11.5. The van der Waals surface area contributed by atoms with Crippen LogP contribution in [0.5, 0.6) is 0 Å². The molecule has 0 bridgehead atoms. The predicted molar refractivity (Wildman–Crippen MR) is 73.0 cm³/mol. The van der Waals surface area contributed by atoms with E-state index in [1.807, 2.05) is 0 Å². The molecule has 1 heterocycles. The van der Waals surface area contributed by atoms with Gasteiger partial charge in [0.2, 0.25) is 0 Å². The number of nitrogens with one attached hydrogen (secondary N) is 1. The van der Waals surface area contributed by atoms with E-state index in [2.05, 4.69) is 12.2 Å². The number of carbonyl (C=O) groups is 1. The third-order valence-electron chi connectivity index (χ3n) is 4.08. The first kappa shape index (κ1) is 14.1. The average molecular weight is 265 g/mol. The molecule has 4 heteroatoms. The monoisotopic (exact) mass is 265 g/mol. The largest absolute Gasteiger partial charge is 0.465 e. The van der Waals surface area contributed by atoms with Crippen molar-refractivity contribution < 1.29 is 13.9 Å². The Morgan fingerprint density at radius 2 is 2.21 bits per heavy atom. The molecule has 0 spiro atoms. The Morgan fingerprint density at radius 1 is 1.53 bits per heavy atom. The second-order valence-corrected chi connectivity index (χ2v) is 5.39. The van der Waals surface area contributed by atoms with Gasteiger partial charge in [-0.1, -0.05) is 12.8 Å². The normalized spacial score (nSPS) is 17.6. The zero-order valence-corrected chi connectivity index (χ0v) is 12.0. The molecule has 19 heavy (non-hydrogen) atoms. The Kier molecular flexibility index (Phi) is 4.64. The molecule has 1 atom stereocenters. The maximum absolute atomic E-state index is 11.5. The van der Waals surface area contributed by atoms with Crippen LogP contribution in [0.25, 0.3) is 0 Å². The van der Waals surface area contributed by atoms with Crippen molar-refractivity contribution in [2.45, 2.75) is 52.1 Å². The second-order valence-electron chi connectivity index (χ2n) is 5.39. The zero-order valence-electron chi connectivity index (χ0n) is 12.0. The first-order chi connectivity index (χ1) is 9.11. The summed E-state index contributed by atoms with van der Waals surface area (Å²) in [5.41, 5.74) is 0.521. The number of ether oxygens (including phenoxy) is 1. The van der Waals surface area contributed by atoms with E-state index in [0.29, 0.717) is 23.9 Å². The molecule has 4 nitrogen and oxygen atoms in total. The number of esters is 1. The van der Waals surface area contributed by atoms with Crippen LogP contribution in [0.1, 0.15) is 54.5 Å². The highest BCUT2D eigenvalue weighted by molar-refractivity contribution is 5.90. The molecule has 1 unspecified atom stereocenters. The van der Waals surface area contributed by atoms with E-state index in [1.165, 1.54) is 32.8 Å². The topological polar surface area (TPSA) is 51.5 Å². The summed E-state index contributed by atoms with van der Waals surface area (Å²) < 4.78 is 10.3. The molecule has 0 aliphatic heterocycles. The minimum Gasteiger partial charge on any atom is -0.465 e. The van der Waals surface area contributed by atoms with Crippen LogP contribution in [-0.4, -0.2) is 19.1 Å². The van der Waals surface area contributed by atoms with Crippen LogP contribution in [0.3, 0.4) is 0 Å². The summed E-state index contributed by atoms with van der Waals surface area (Å²) >= 11 is 0. The van der Waals surface area contributed by atoms with Crippen molar-refractivity contribution in [3.05, 3.63) is 23.2 Å². The third kappa shape index (κ3) is 3.38. The van der Waals surface area contributed by atoms with Gasteiger partial charge >= 0.3 is 5.97 Å². The van der Waals surface area contributed by atoms with Crippen molar-refractivity contribution in [3.8, 4) is 0 Å². The van der Waals surface area contributed by atoms with Gasteiger partial charge in [-0.3, -0.25) is 0 Å². The molecule has 106 valence electrons. The Labute approximate surface area is 114 Å². The number of rotatable bonds is 5. The van der Waals surface area contributed by atoms with Crippen LogP contribution in [0, 0.1) is 12.8 Å². The standard InChI is InChI=1S/C15H23NO3/c1-10(12-6-4-5-7-12)16-9-13-8-14(11(2)19-13)15(17)18-3/h8,10,12,16H,4-7,9H2,1-3H3. The fourth-order valence-corrected chi connectivity index (χ4v) is 2.83. The van der Waals surface area contributed by atoms with Gasteiger partial charge in [-0.2, -0.15) is 0 Å². The van der Waals surface area contributed by atoms with Crippen LogP contribution < -0.4 is 5.32 Å². The molecule has 2 rings (SSSR count). The van der Waals surface area contributed by atoms with E-state index < -0.39 is 0 Å². The number of carbonyl (C=O) groups excluding carboxylic acids is 1. The molecule has 1 aliphatic rings. The van der Waals surface area contributed by atoms with E-state index in [9.17, 15) is 4.79 Å². The lowest BCUT2D eigenvalue weighted by Gasteiger charge is -2.19. The van der Waals surface area contributed by atoms with Gasteiger partial charge in [0.25, 0.3) is 0 Å². The lowest BCUT2D eigenvalue weighted by Crippen LogP contribution is -2.31. The molecule has 1 aromatic heterocycles. The predicted octanol–water partition coefficient (Wildman–Crippen LogP) is 3.04. The van der Waals surface area contributed by atoms with E-state index in [-0.39, 0.29) is 5.97 Å². The fourth-order valence-electron chi connectivity index (χ4n) is 2.83. The van der Waals surface area contributed by atoms with Crippen LogP contribution >= 0.6 is 0 Å². The van der Waals surface area contributed by atoms with Crippen LogP contribution in [0.15, 0.2) is 10.5 Å². The van der Waals surface area contributed by atoms with Crippen molar-refractivity contribution in [2.75, 3.05) is 7.11 Å². The van der Waals surface area contributed by atoms with E-state index >= 15 is 0 Å². The summed E-state index contributed by atoms with van der Waals surface area (Å²) in [5.74, 6) is 1.85. The Hall–Kier alpha value is -1.29. The molecule has 0 aromatic carbocycles. The molecule has 1 N–H and O–H groups in total. The highest BCUT2D eigenvalue weighted by Gasteiger charge is 2.22. The Balaban J connectivity index is 1.90. The van der Waals surface area contributed by atoms with Crippen molar-refractivity contribution in [1.82, 2.24) is 5.32 Å². The van der Waals surface area contributed by atoms with Gasteiger partial charge in [-0.05, 0) is 38.7 Å².